The highest BCUT2D eigenvalue weighted by molar-refractivity contribution is 7.99. The molecule has 5 rings (SSSR count). The number of nitro benzene ring substituents is 1. The molecule has 43 heavy (non-hydrogen) atoms. The number of aromatic nitrogens is 3. The fourth-order valence-electron chi connectivity index (χ4n) is 4.68. The number of fused-ring (bicyclic) bond motifs is 1. The third kappa shape index (κ3) is 7.09. The summed E-state index contributed by atoms with van der Waals surface area (Å²) in [7, 11) is 0. The Balaban J connectivity index is 1.28. The molecule has 222 valence electrons. The molecule has 0 unspecified atom stereocenters. The van der Waals surface area contributed by atoms with Crippen molar-refractivity contribution in [3.63, 3.8) is 0 Å². The van der Waals surface area contributed by atoms with Gasteiger partial charge in [0.2, 0.25) is 5.91 Å². The molecule has 0 aliphatic heterocycles. The summed E-state index contributed by atoms with van der Waals surface area (Å²) in [5.74, 6) is -0.641. The van der Waals surface area contributed by atoms with Crippen molar-refractivity contribution in [1.29, 1.82) is 0 Å². The number of nitro groups is 1. The summed E-state index contributed by atoms with van der Waals surface area (Å²) in [5, 5.41) is 26.1. The number of hydrogen-bond donors (Lipinski definition) is 2. The minimum absolute atomic E-state index is 0.0207. The maximum atomic E-state index is 13.0. The van der Waals surface area contributed by atoms with E-state index in [1.54, 1.807) is 6.92 Å². The number of rotatable bonds is 12. The number of amides is 2. The summed E-state index contributed by atoms with van der Waals surface area (Å²) in [4.78, 5) is 49.9. The highest BCUT2D eigenvalue weighted by Crippen LogP contribution is 2.39. The zero-order valence-electron chi connectivity index (χ0n) is 23.2. The van der Waals surface area contributed by atoms with Crippen LogP contribution in [0.4, 0.5) is 10.7 Å². The van der Waals surface area contributed by atoms with Crippen LogP contribution < -0.4 is 10.6 Å². The first-order chi connectivity index (χ1) is 20.8. The van der Waals surface area contributed by atoms with E-state index in [4.69, 9.17) is 4.74 Å². The van der Waals surface area contributed by atoms with Gasteiger partial charge in [-0.3, -0.25) is 19.7 Å². The quantitative estimate of drug-likeness (QED) is 0.0997. The standard InChI is InChI=1S/C29H28N6O6S2/c1-2-41-28(38)25-21-9-6-10-22(21)43-27(25)31-24(36)17-42-29-33-32-23(34(29)16-18-7-4-3-5-8-18)15-30-26(37)19-11-13-20(14-12-19)35(39)40/h3-5,7-8,11-14H,2,6,9-10,15-17H2,1H3,(H,30,37)(H,31,36). The van der Waals surface area contributed by atoms with E-state index in [1.807, 2.05) is 34.9 Å². The molecule has 12 nitrogen and oxygen atoms in total. The van der Waals surface area contributed by atoms with Crippen LogP contribution in [0.2, 0.25) is 0 Å². The fraction of sp³-hybridized carbons (Fsp3) is 0.276. The Labute approximate surface area is 255 Å². The lowest BCUT2D eigenvalue weighted by atomic mass is 10.1. The first kappa shape index (κ1) is 29.9. The van der Waals surface area contributed by atoms with Gasteiger partial charge in [-0.2, -0.15) is 0 Å². The number of ether oxygens (including phenoxy) is 1. The molecule has 0 atom stereocenters. The molecule has 1 aliphatic rings. The summed E-state index contributed by atoms with van der Waals surface area (Å²) in [6, 6.07) is 14.9. The predicted octanol–water partition coefficient (Wildman–Crippen LogP) is 4.62. The molecule has 0 saturated carbocycles. The molecule has 2 N–H and O–H groups in total. The van der Waals surface area contributed by atoms with E-state index in [-0.39, 0.29) is 36.1 Å². The number of thiophene rings is 1. The van der Waals surface area contributed by atoms with Gasteiger partial charge in [0.15, 0.2) is 11.0 Å². The number of carbonyl (C=O) groups is 3. The van der Waals surface area contributed by atoms with Gasteiger partial charge in [-0.05, 0) is 49.4 Å². The lowest BCUT2D eigenvalue weighted by Crippen LogP contribution is -2.25. The van der Waals surface area contributed by atoms with Crippen molar-refractivity contribution < 1.29 is 24.0 Å². The number of nitrogens with zero attached hydrogens (tertiary/aromatic N) is 4. The summed E-state index contributed by atoms with van der Waals surface area (Å²) in [6.45, 7) is 2.46. The van der Waals surface area contributed by atoms with Crippen molar-refractivity contribution in [3.05, 3.63) is 97.7 Å². The van der Waals surface area contributed by atoms with E-state index in [0.29, 0.717) is 28.1 Å². The van der Waals surface area contributed by atoms with Crippen molar-refractivity contribution in [3.8, 4) is 0 Å². The highest BCUT2D eigenvalue weighted by atomic mass is 32.2. The van der Waals surface area contributed by atoms with Gasteiger partial charge in [0.25, 0.3) is 11.6 Å². The Hall–Kier alpha value is -4.56. The molecule has 0 radical (unpaired) electrons. The van der Waals surface area contributed by atoms with Crippen LogP contribution in [0.15, 0.2) is 59.8 Å². The van der Waals surface area contributed by atoms with Gasteiger partial charge in [0.05, 0.1) is 35.9 Å². The summed E-state index contributed by atoms with van der Waals surface area (Å²) < 4.78 is 7.08. The van der Waals surface area contributed by atoms with Crippen LogP contribution >= 0.6 is 23.1 Å². The molecule has 0 bridgehead atoms. The smallest absolute Gasteiger partial charge is 0.341 e. The third-order valence-electron chi connectivity index (χ3n) is 6.71. The molecule has 0 saturated heterocycles. The van der Waals surface area contributed by atoms with E-state index in [9.17, 15) is 24.5 Å². The molecule has 14 heteroatoms. The van der Waals surface area contributed by atoms with Crippen LogP contribution in [0.3, 0.4) is 0 Å². The first-order valence-electron chi connectivity index (χ1n) is 13.6. The summed E-state index contributed by atoms with van der Waals surface area (Å²) in [6.07, 6.45) is 2.64. The zero-order valence-corrected chi connectivity index (χ0v) is 24.8. The van der Waals surface area contributed by atoms with E-state index < -0.39 is 16.8 Å². The lowest BCUT2D eigenvalue weighted by Gasteiger charge is -2.11. The zero-order chi connectivity index (χ0) is 30.3. The second-order valence-electron chi connectivity index (χ2n) is 9.58. The van der Waals surface area contributed by atoms with Gasteiger partial charge < -0.3 is 19.9 Å². The maximum Gasteiger partial charge on any atom is 0.341 e. The molecule has 0 spiro atoms. The fourth-order valence-corrected chi connectivity index (χ4v) is 6.73. The van der Waals surface area contributed by atoms with Gasteiger partial charge in [0, 0.05) is 22.6 Å². The van der Waals surface area contributed by atoms with Crippen molar-refractivity contribution in [2.75, 3.05) is 17.7 Å². The second kappa shape index (κ2) is 13.6. The molecule has 4 aromatic rings. The van der Waals surface area contributed by atoms with Crippen molar-refractivity contribution in [2.45, 2.75) is 44.4 Å². The Morgan fingerprint density at radius 3 is 2.58 bits per heavy atom. The topological polar surface area (TPSA) is 158 Å². The van der Waals surface area contributed by atoms with Gasteiger partial charge in [-0.15, -0.1) is 21.5 Å². The van der Waals surface area contributed by atoms with Crippen molar-refractivity contribution in [2.24, 2.45) is 0 Å². The Morgan fingerprint density at radius 1 is 1.09 bits per heavy atom. The van der Waals surface area contributed by atoms with E-state index in [2.05, 4.69) is 20.8 Å². The molecule has 0 fully saturated rings. The Kier molecular flexibility index (Phi) is 9.47. The Bertz CT molecular complexity index is 1650. The number of aryl methyl sites for hydroxylation is 1. The van der Waals surface area contributed by atoms with E-state index >= 15 is 0 Å². The summed E-state index contributed by atoms with van der Waals surface area (Å²) in [5.41, 5.74) is 2.56. The number of esters is 1. The molecule has 2 amide bonds. The van der Waals surface area contributed by atoms with Gasteiger partial charge in [0.1, 0.15) is 5.00 Å². The maximum absolute atomic E-state index is 13.0. The summed E-state index contributed by atoms with van der Waals surface area (Å²) >= 11 is 2.62. The lowest BCUT2D eigenvalue weighted by molar-refractivity contribution is -0.384. The molecule has 1 aliphatic carbocycles. The predicted molar refractivity (Wildman–Crippen MR) is 161 cm³/mol. The van der Waals surface area contributed by atoms with Crippen LogP contribution in [0.25, 0.3) is 0 Å². The number of thioether (sulfide) groups is 1. The van der Waals surface area contributed by atoms with Crippen LogP contribution in [-0.2, 0) is 35.5 Å². The molecular formula is C29H28N6O6S2. The van der Waals surface area contributed by atoms with Crippen LogP contribution in [0, 0.1) is 10.1 Å². The average molecular weight is 621 g/mol. The normalized spacial score (nSPS) is 12.0. The number of nitrogens with one attached hydrogen (secondary N) is 2. The van der Waals surface area contributed by atoms with Gasteiger partial charge in [-0.1, -0.05) is 42.1 Å². The van der Waals surface area contributed by atoms with Gasteiger partial charge >= 0.3 is 5.97 Å². The molecule has 2 aromatic heterocycles. The average Bonchev–Trinajstić information content (AvgIpc) is 3.70. The highest BCUT2D eigenvalue weighted by Gasteiger charge is 2.28. The second-order valence-corrected chi connectivity index (χ2v) is 11.6. The van der Waals surface area contributed by atoms with Crippen LogP contribution in [-0.4, -0.2) is 49.8 Å². The monoisotopic (exact) mass is 620 g/mol. The molecule has 2 aromatic carbocycles. The number of anilines is 1. The SMILES string of the molecule is CCOC(=O)c1c(NC(=O)CSc2nnc(CNC(=O)c3ccc([N+](=O)[O-])cc3)n2Cc2ccccc2)sc2c1CCC2. The van der Waals surface area contributed by atoms with Gasteiger partial charge in [-0.25, -0.2) is 4.79 Å². The van der Waals surface area contributed by atoms with Crippen molar-refractivity contribution in [1.82, 2.24) is 20.1 Å². The molecular weight excluding hydrogens is 592 g/mol. The number of hydrogen-bond acceptors (Lipinski definition) is 10. The van der Waals surface area contributed by atoms with Crippen LogP contribution in [0.1, 0.15) is 55.9 Å². The van der Waals surface area contributed by atoms with Crippen molar-refractivity contribution >= 4 is 51.6 Å². The van der Waals surface area contributed by atoms with E-state index in [1.165, 1.54) is 47.4 Å². The Morgan fingerprint density at radius 2 is 1.86 bits per heavy atom. The number of benzene rings is 2. The van der Waals surface area contributed by atoms with E-state index in [0.717, 1.165) is 35.3 Å². The largest absolute Gasteiger partial charge is 0.462 e. The minimum atomic E-state index is -0.529. The third-order valence-corrected chi connectivity index (χ3v) is 8.88. The first-order valence-corrected chi connectivity index (χ1v) is 15.4. The minimum Gasteiger partial charge on any atom is -0.462 e. The molecule has 2 heterocycles. The number of carbonyl (C=O) groups excluding carboxylic acids is 3. The van der Waals surface area contributed by atoms with Crippen LogP contribution in [0.5, 0.6) is 0 Å². The number of non-ortho nitro benzene ring substituents is 1.